The number of amides is 1. The molecule has 3 aliphatic rings. The smallest absolute Gasteiger partial charge is 0.222 e. The first kappa shape index (κ1) is 17.1. The lowest BCUT2D eigenvalue weighted by Gasteiger charge is -2.45. The minimum absolute atomic E-state index is 0.307. The third kappa shape index (κ3) is 3.62. The first-order chi connectivity index (χ1) is 12.1. The summed E-state index contributed by atoms with van der Waals surface area (Å²) in [5.41, 5.74) is 1.48. The SMILES string of the molecule is Cn1ccc(CN2CCCC23CCN(C(=O)CC2CCCC2)CC3)n1. The highest BCUT2D eigenvalue weighted by Gasteiger charge is 2.43. The number of likely N-dealkylation sites (tertiary alicyclic amines) is 2. The van der Waals surface area contributed by atoms with E-state index >= 15 is 0 Å². The van der Waals surface area contributed by atoms with Gasteiger partial charge >= 0.3 is 0 Å². The van der Waals surface area contributed by atoms with Crippen molar-refractivity contribution in [1.82, 2.24) is 19.6 Å². The van der Waals surface area contributed by atoms with E-state index in [1.54, 1.807) is 0 Å². The maximum Gasteiger partial charge on any atom is 0.222 e. The Bertz CT molecular complexity index is 597. The van der Waals surface area contributed by atoms with Crippen LogP contribution in [0.2, 0.25) is 0 Å². The van der Waals surface area contributed by atoms with E-state index in [0.29, 0.717) is 17.4 Å². The molecule has 1 saturated carbocycles. The maximum absolute atomic E-state index is 12.6. The van der Waals surface area contributed by atoms with Gasteiger partial charge in [0.05, 0.1) is 5.69 Å². The lowest BCUT2D eigenvalue weighted by Crippen LogP contribution is -2.53. The summed E-state index contributed by atoms with van der Waals surface area (Å²) in [6, 6.07) is 2.13. The Balaban J connectivity index is 1.33. The van der Waals surface area contributed by atoms with E-state index in [-0.39, 0.29) is 0 Å². The van der Waals surface area contributed by atoms with Crippen molar-refractivity contribution in [3.8, 4) is 0 Å². The zero-order valence-corrected chi connectivity index (χ0v) is 15.6. The summed E-state index contributed by atoms with van der Waals surface area (Å²) in [6.07, 6.45) is 12.8. The Kier molecular flexibility index (Phi) is 4.85. The van der Waals surface area contributed by atoms with Crippen molar-refractivity contribution in [2.45, 2.75) is 69.9 Å². The minimum Gasteiger partial charge on any atom is -0.343 e. The van der Waals surface area contributed by atoms with Gasteiger partial charge in [0.1, 0.15) is 0 Å². The Labute approximate surface area is 151 Å². The van der Waals surface area contributed by atoms with Crippen LogP contribution in [0.4, 0.5) is 0 Å². The number of nitrogens with zero attached hydrogens (tertiary/aromatic N) is 4. The van der Waals surface area contributed by atoms with Crippen molar-refractivity contribution in [3.05, 3.63) is 18.0 Å². The van der Waals surface area contributed by atoms with Gasteiger partial charge in [-0.2, -0.15) is 5.10 Å². The molecule has 1 spiro atoms. The van der Waals surface area contributed by atoms with E-state index < -0.39 is 0 Å². The van der Waals surface area contributed by atoms with Crippen LogP contribution in [0, 0.1) is 5.92 Å². The van der Waals surface area contributed by atoms with E-state index in [0.717, 1.165) is 38.9 Å². The molecule has 138 valence electrons. The first-order valence-corrected chi connectivity index (χ1v) is 10.2. The molecule has 2 aliphatic heterocycles. The Morgan fingerprint density at radius 3 is 2.60 bits per heavy atom. The second-order valence-corrected chi connectivity index (χ2v) is 8.47. The molecule has 1 aromatic heterocycles. The molecule has 25 heavy (non-hydrogen) atoms. The average Bonchev–Trinajstić information content (AvgIpc) is 3.33. The Hall–Kier alpha value is -1.36. The van der Waals surface area contributed by atoms with Crippen LogP contribution in [-0.2, 0) is 18.4 Å². The average molecular weight is 345 g/mol. The van der Waals surface area contributed by atoms with E-state index in [1.807, 2.05) is 17.9 Å². The zero-order valence-electron chi connectivity index (χ0n) is 15.6. The molecule has 0 radical (unpaired) electrons. The summed E-state index contributed by atoms with van der Waals surface area (Å²) in [5, 5.41) is 4.56. The van der Waals surface area contributed by atoms with E-state index in [2.05, 4.69) is 21.0 Å². The normalized spacial score (nSPS) is 24.4. The van der Waals surface area contributed by atoms with Gasteiger partial charge in [-0.05, 0) is 57.1 Å². The predicted molar refractivity (Wildman–Crippen MR) is 98.0 cm³/mol. The summed E-state index contributed by atoms with van der Waals surface area (Å²) in [7, 11) is 1.98. The molecular weight excluding hydrogens is 312 g/mol. The number of carbonyl (C=O) groups excluding carboxylic acids is 1. The van der Waals surface area contributed by atoms with Crippen LogP contribution < -0.4 is 0 Å². The zero-order chi connectivity index (χ0) is 17.3. The van der Waals surface area contributed by atoms with Gasteiger partial charge in [-0.3, -0.25) is 14.4 Å². The summed E-state index contributed by atoms with van der Waals surface area (Å²) < 4.78 is 1.89. The van der Waals surface area contributed by atoms with Crippen molar-refractivity contribution in [1.29, 1.82) is 0 Å². The molecule has 4 rings (SSSR count). The van der Waals surface area contributed by atoms with Gasteiger partial charge in [-0.1, -0.05) is 12.8 Å². The van der Waals surface area contributed by atoms with Crippen LogP contribution in [0.3, 0.4) is 0 Å². The fraction of sp³-hybridized carbons (Fsp3) is 0.800. The van der Waals surface area contributed by atoms with Crippen molar-refractivity contribution in [3.63, 3.8) is 0 Å². The molecule has 5 nitrogen and oxygen atoms in total. The molecule has 0 N–H and O–H groups in total. The van der Waals surface area contributed by atoms with Gasteiger partial charge in [0.2, 0.25) is 5.91 Å². The van der Waals surface area contributed by atoms with E-state index in [9.17, 15) is 4.79 Å². The molecule has 0 atom stereocenters. The van der Waals surface area contributed by atoms with Gasteiger partial charge in [-0.25, -0.2) is 0 Å². The van der Waals surface area contributed by atoms with Gasteiger partial charge in [0, 0.05) is 44.8 Å². The molecule has 3 fully saturated rings. The largest absolute Gasteiger partial charge is 0.343 e. The molecule has 3 heterocycles. The number of piperidine rings is 1. The van der Waals surface area contributed by atoms with Crippen LogP contribution in [-0.4, -0.2) is 50.7 Å². The fourth-order valence-corrected chi connectivity index (χ4v) is 5.31. The van der Waals surface area contributed by atoms with Crippen molar-refractivity contribution in [2.24, 2.45) is 13.0 Å². The van der Waals surface area contributed by atoms with Gasteiger partial charge < -0.3 is 4.90 Å². The molecule has 1 aliphatic carbocycles. The van der Waals surface area contributed by atoms with Gasteiger partial charge in [0.25, 0.3) is 0 Å². The van der Waals surface area contributed by atoms with E-state index in [4.69, 9.17) is 0 Å². The third-order valence-corrected chi connectivity index (χ3v) is 6.85. The molecule has 1 amide bonds. The second-order valence-electron chi connectivity index (χ2n) is 8.47. The molecule has 2 saturated heterocycles. The van der Waals surface area contributed by atoms with Crippen molar-refractivity contribution >= 4 is 5.91 Å². The minimum atomic E-state index is 0.307. The number of hydrogen-bond acceptors (Lipinski definition) is 3. The molecular formula is C20H32N4O. The standard InChI is InChI=1S/C20H32N4O/c1-22-12-7-18(21-22)16-24-11-4-8-20(24)9-13-23(14-10-20)19(25)15-17-5-2-3-6-17/h7,12,17H,2-6,8-11,13-16H2,1H3. The number of aryl methyl sites for hydroxylation is 1. The Morgan fingerprint density at radius 1 is 1.16 bits per heavy atom. The summed E-state index contributed by atoms with van der Waals surface area (Å²) in [5.74, 6) is 1.08. The van der Waals surface area contributed by atoms with Crippen LogP contribution in [0.15, 0.2) is 12.3 Å². The predicted octanol–water partition coefficient (Wildman–Crippen LogP) is 2.96. The Morgan fingerprint density at radius 2 is 1.92 bits per heavy atom. The summed E-state index contributed by atoms with van der Waals surface area (Å²) in [4.78, 5) is 17.4. The number of rotatable bonds is 4. The van der Waals surface area contributed by atoms with Crippen LogP contribution in [0.25, 0.3) is 0 Å². The quantitative estimate of drug-likeness (QED) is 0.843. The van der Waals surface area contributed by atoms with Gasteiger partial charge in [0.15, 0.2) is 0 Å². The summed E-state index contributed by atoms with van der Waals surface area (Å²) in [6.45, 7) is 4.03. The van der Waals surface area contributed by atoms with E-state index in [1.165, 1.54) is 50.8 Å². The number of carbonyl (C=O) groups is 1. The fourth-order valence-electron chi connectivity index (χ4n) is 5.31. The first-order valence-electron chi connectivity index (χ1n) is 10.2. The highest BCUT2D eigenvalue weighted by atomic mass is 16.2. The topological polar surface area (TPSA) is 41.4 Å². The second kappa shape index (κ2) is 7.10. The highest BCUT2D eigenvalue weighted by Crippen LogP contribution is 2.39. The van der Waals surface area contributed by atoms with Crippen LogP contribution in [0.5, 0.6) is 0 Å². The molecule has 5 heteroatoms. The third-order valence-electron chi connectivity index (χ3n) is 6.85. The lowest BCUT2D eigenvalue weighted by atomic mass is 9.84. The van der Waals surface area contributed by atoms with Crippen molar-refractivity contribution in [2.75, 3.05) is 19.6 Å². The lowest BCUT2D eigenvalue weighted by molar-refractivity contribution is -0.134. The number of hydrogen-bond donors (Lipinski definition) is 0. The van der Waals surface area contributed by atoms with Crippen molar-refractivity contribution < 1.29 is 4.79 Å². The van der Waals surface area contributed by atoms with Crippen LogP contribution in [0.1, 0.15) is 63.5 Å². The summed E-state index contributed by atoms with van der Waals surface area (Å²) >= 11 is 0. The molecule has 0 unspecified atom stereocenters. The van der Waals surface area contributed by atoms with Gasteiger partial charge in [-0.15, -0.1) is 0 Å². The maximum atomic E-state index is 12.6. The molecule has 0 aromatic carbocycles. The van der Waals surface area contributed by atoms with Crippen LogP contribution >= 0.6 is 0 Å². The highest BCUT2D eigenvalue weighted by molar-refractivity contribution is 5.76. The monoisotopic (exact) mass is 344 g/mol. The molecule has 0 bridgehead atoms. The number of aromatic nitrogens is 2. The molecule has 1 aromatic rings.